The average Bonchev–Trinajstić information content (AvgIpc) is 2.57. The van der Waals surface area contributed by atoms with Gasteiger partial charge in [0.1, 0.15) is 5.75 Å². The van der Waals surface area contributed by atoms with Gasteiger partial charge in [-0.05, 0) is 26.0 Å². The monoisotopic (exact) mass is 327 g/mol. The predicted octanol–water partition coefficient (Wildman–Crippen LogP) is 2.32. The van der Waals surface area contributed by atoms with Crippen molar-refractivity contribution >= 4 is 11.6 Å². The van der Waals surface area contributed by atoms with Gasteiger partial charge in [0.25, 0.3) is 0 Å². The lowest BCUT2D eigenvalue weighted by Crippen LogP contribution is -2.45. The highest BCUT2D eigenvalue weighted by atomic mass is 16.3. The van der Waals surface area contributed by atoms with Gasteiger partial charge in [0.05, 0.1) is 0 Å². The van der Waals surface area contributed by atoms with Crippen molar-refractivity contribution in [3.8, 4) is 5.75 Å². The summed E-state index contributed by atoms with van der Waals surface area (Å²) in [6.07, 6.45) is 3.80. The highest BCUT2D eigenvalue weighted by Crippen LogP contribution is 2.21. The summed E-state index contributed by atoms with van der Waals surface area (Å²) >= 11 is 0. The molecule has 2 N–H and O–H groups in total. The van der Waals surface area contributed by atoms with Gasteiger partial charge in [0.15, 0.2) is 0 Å². The van der Waals surface area contributed by atoms with Crippen LogP contribution in [0.1, 0.15) is 19.4 Å². The molecule has 3 rings (SSSR count). The van der Waals surface area contributed by atoms with Crippen LogP contribution in [0, 0.1) is 0 Å². The molecule has 0 unspecified atom stereocenters. The number of anilines is 2. The third-order valence-electron chi connectivity index (χ3n) is 4.10. The van der Waals surface area contributed by atoms with Gasteiger partial charge in [-0.1, -0.05) is 6.07 Å². The number of nitrogens with one attached hydrogen (secondary N) is 1. The summed E-state index contributed by atoms with van der Waals surface area (Å²) in [6.45, 7) is 8.90. The Morgan fingerprint density at radius 1 is 1.12 bits per heavy atom. The zero-order chi connectivity index (χ0) is 16.9. The lowest BCUT2D eigenvalue weighted by Gasteiger charge is -2.36. The van der Waals surface area contributed by atoms with E-state index in [0.717, 1.165) is 44.0 Å². The Hall–Kier alpha value is -2.34. The van der Waals surface area contributed by atoms with Crippen molar-refractivity contribution in [3.63, 3.8) is 0 Å². The molecule has 1 saturated heterocycles. The fraction of sp³-hybridized carbons (Fsp3) is 0.444. The van der Waals surface area contributed by atoms with Crippen molar-refractivity contribution in [3.05, 3.63) is 42.2 Å². The van der Waals surface area contributed by atoms with E-state index in [4.69, 9.17) is 0 Å². The number of aromatic nitrogens is 2. The number of benzene rings is 1. The second-order valence-corrected chi connectivity index (χ2v) is 6.50. The van der Waals surface area contributed by atoms with Crippen LogP contribution in [0.25, 0.3) is 0 Å². The van der Waals surface area contributed by atoms with Gasteiger partial charge in [-0.15, -0.1) is 0 Å². The van der Waals surface area contributed by atoms with Gasteiger partial charge in [-0.25, -0.2) is 9.97 Å². The van der Waals surface area contributed by atoms with E-state index in [0.29, 0.717) is 17.7 Å². The number of phenols is 1. The molecule has 6 nitrogen and oxygen atoms in total. The molecule has 0 amide bonds. The average molecular weight is 327 g/mol. The summed E-state index contributed by atoms with van der Waals surface area (Å²) in [5, 5.41) is 12.8. The van der Waals surface area contributed by atoms with Crippen molar-refractivity contribution in [2.24, 2.45) is 0 Å². The summed E-state index contributed by atoms with van der Waals surface area (Å²) in [7, 11) is 0. The fourth-order valence-corrected chi connectivity index (χ4v) is 2.88. The van der Waals surface area contributed by atoms with Crippen molar-refractivity contribution in [2.45, 2.75) is 26.4 Å². The van der Waals surface area contributed by atoms with E-state index >= 15 is 0 Å². The first-order valence-electron chi connectivity index (χ1n) is 8.44. The molecule has 0 saturated carbocycles. The Labute approximate surface area is 143 Å². The van der Waals surface area contributed by atoms with Gasteiger partial charge in [0.2, 0.25) is 5.95 Å². The minimum atomic E-state index is 0.321. The number of piperazine rings is 1. The minimum absolute atomic E-state index is 0.321. The Morgan fingerprint density at radius 3 is 2.46 bits per heavy atom. The molecule has 1 fully saturated rings. The zero-order valence-electron chi connectivity index (χ0n) is 14.3. The van der Waals surface area contributed by atoms with E-state index in [1.807, 2.05) is 30.6 Å². The van der Waals surface area contributed by atoms with E-state index in [9.17, 15) is 5.11 Å². The summed E-state index contributed by atoms with van der Waals surface area (Å²) in [6, 6.07) is 7.80. The highest BCUT2D eigenvalue weighted by Gasteiger charge is 2.17. The molecule has 1 aliphatic rings. The van der Waals surface area contributed by atoms with Gasteiger partial charge in [-0.3, -0.25) is 4.90 Å². The fourth-order valence-electron chi connectivity index (χ4n) is 2.88. The van der Waals surface area contributed by atoms with E-state index < -0.39 is 0 Å². The molecule has 2 aromatic rings. The van der Waals surface area contributed by atoms with Crippen molar-refractivity contribution in [1.29, 1.82) is 0 Å². The normalized spacial score (nSPS) is 15.7. The van der Waals surface area contributed by atoms with Gasteiger partial charge in [-0.2, -0.15) is 0 Å². The largest absolute Gasteiger partial charge is 0.508 e. The number of rotatable bonds is 5. The summed E-state index contributed by atoms with van der Waals surface area (Å²) in [5.41, 5.74) is 2.22. The maximum Gasteiger partial charge on any atom is 0.222 e. The number of aromatic hydroxyl groups is 1. The predicted molar refractivity (Wildman–Crippen MR) is 96.4 cm³/mol. The zero-order valence-corrected chi connectivity index (χ0v) is 14.3. The van der Waals surface area contributed by atoms with Crippen LogP contribution in [-0.4, -0.2) is 52.2 Å². The van der Waals surface area contributed by atoms with Crippen LogP contribution in [0.3, 0.4) is 0 Å². The highest BCUT2D eigenvalue weighted by molar-refractivity contribution is 5.50. The molecule has 1 aliphatic heterocycles. The molecule has 6 heteroatoms. The maximum atomic E-state index is 9.61. The molecule has 24 heavy (non-hydrogen) atoms. The molecular weight excluding hydrogens is 302 g/mol. The van der Waals surface area contributed by atoms with Crippen LogP contribution in [0.5, 0.6) is 5.75 Å². The van der Waals surface area contributed by atoms with Crippen LogP contribution >= 0.6 is 0 Å². The first kappa shape index (κ1) is 16.5. The number of phenolic OH excluding ortho intramolecular Hbond substituents is 1. The van der Waals surface area contributed by atoms with E-state index in [2.05, 4.69) is 38.9 Å². The lowest BCUT2D eigenvalue weighted by atomic mass is 10.2. The molecule has 1 aromatic heterocycles. The van der Waals surface area contributed by atoms with Crippen LogP contribution in [0.15, 0.2) is 36.7 Å². The van der Waals surface area contributed by atoms with Crippen LogP contribution in [0.4, 0.5) is 11.6 Å². The molecule has 0 spiro atoms. The third kappa shape index (κ3) is 4.35. The van der Waals surface area contributed by atoms with E-state index in [-0.39, 0.29) is 0 Å². The number of nitrogens with zero attached hydrogens (tertiary/aromatic N) is 4. The molecule has 0 atom stereocenters. The quantitative estimate of drug-likeness (QED) is 0.879. The number of hydrogen-bond acceptors (Lipinski definition) is 6. The van der Waals surface area contributed by atoms with Crippen molar-refractivity contribution in [2.75, 3.05) is 36.4 Å². The summed E-state index contributed by atoms with van der Waals surface area (Å²) < 4.78 is 0. The Bertz CT molecular complexity index is 651. The second-order valence-electron chi connectivity index (χ2n) is 6.50. The number of hydrogen-bond donors (Lipinski definition) is 2. The Morgan fingerprint density at radius 2 is 1.83 bits per heavy atom. The SMILES string of the molecule is CC(C)Nc1ncc(CN2CCN(c3cccc(O)c3)CC2)cn1. The van der Waals surface area contributed by atoms with Gasteiger partial charge in [0, 0.05) is 68.5 Å². The maximum absolute atomic E-state index is 9.61. The second kappa shape index (κ2) is 7.49. The molecule has 0 aliphatic carbocycles. The van der Waals surface area contributed by atoms with Gasteiger partial charge >= 0.3 is 0 Å². The summed E-state index contributed by atoms with van der Waals surface area (Å²) in [5.74, 6) is 1.00. The standard InChI is InChI=1S/C18H25N5O/c1-14(2)21-18-19-11-15(12-20-18)13-22-6-8-23(9-7-22)16-4-3-5-17(24)10-16/h3-5,10-12,14,24H,6-9,13H2,1-2H3,(H,19,20,21). The van der Waals surface area contributed by atoms with Crippen molar-refractivity contribution in [1.82, 2.24) is 14.9 Å². The third-order valence-corrected chi connectivity index (χ3v) is 4.10. The molecule has 0 bridgehead atoms. The smallest absolute Gasteiger partial charge is 0.222 e. The summed E-state index contributed by atoms with van der Waals surface area (Å²) in [4.78, 5) is 13.5. The molecule has 0 radical (unpaired) electrons. The topological polar surface area (TPSA) is 64.5 Å². The lowest BCUT2D eigenvalue weighted by molar-refractivity contribution is 0.249. The minimum Gasteiger partial charge on any atom is -0.508 e. The molecule has 1 aromatic carbocycles. The molecule has 2 heterocycles. The van der Waals surface area contributed by atoms with E-state index in [1.54, 1.807) is 6.07 Å². The van der Waals surface area contributed by atoms with Gasteiger partial charge < -0.3 is 15.3 Å². The molecule has 128 valence electrons. The molecular formula is C18H25N5O. The van der Waals surface area contributed by atoms with E-state index in [1.165, 1.54) is 0 Å². The Balaban J connectivity index is 1.52. The van der Waals surface area contributed by atoms with Crippen LogP contribution in [-0.2, 0) is 6.54 Å². The first-order valence-corrected chi connectivity index (χ1v) is 8.44. The van der Waals surface area contributed by atoms with Crippen LogP contribution in [0.2, 0.25) is 0 Å². The van der Waals surface area contributed by atoms with Crippen LogP contribution < -0.4 is 10.2 Å². The first-order chi connectivity index (χ1) is 11.6. The Kier molecular flexibility index (Phi) is 5.15. The van der Waals surface area contributed by atoms with Crippen molar-refractivity contribution < 1.29 is 5.11 Å².